The molecule has 4 nitrogen and oxygen atoms in total. The quantitative estimate of drug-likeness (QED) is 0.836. The maximum Gasteiger partial charge on any atom is 0.137 e. The number of hydrogen-bond acceptors (Lipinski definition) is 3. The molecular formula is C17H21Cl2N3O. The summed E-state index contributed by atoms with van der Waals surface area (Å²) < 4.78 is 1.70. The molecule has 23 heavy (non-hydrogen) atoms. The van der Waals surface area contributed by atoms with Crippen LogP contribution in [-0.4, -0.2) is 31.4 Å². The van der Waals surface area contributed by atoms with Crippen LogP contribution in [0.3, 0.4) is 0 Å². The fraction of sp³-hybridized carbons (Fsp3) is 0.529. The summed E-state index contributed by atoms with van der Waals surface area (Å²) in [4.78, 5) is 3.98. The van der Waals surface area contributed by atoms with Crippen molar-refractivity contribution in [1.29, 1.82) is 0 Å². The Morgan fingerprint density at radius 1 is 1.35 bits per heavy atom. The lowest BCUT2D eigenvalue weighted by Gasteiger charge is -2.42. The summed E-state index contributed by atoms with van der Waals surface area (Å²) in [5, 5.41) is 16.4. The topological polar surface area (TPSA) is 50.9 Å². The van der Waals surface area contributed by atoms with Crippen molar-refractivity contribution in [2.24, 2.45) is 11.3 Å². The van der Waals surface area contributed by atoms with Gasteiger partial charge in [0.2, 0.25) is 0 Å². The Balaban J connectivity index is 1.87. The first-order valence-corrected chi connectivity index (χ1v) is 8.73. The lowest BCUT2D eigenvalue weighted by atomic mass is 9.72. The SMILES string of the molecule is C[C@]1(CCl)CC[C@@H](Cc2ccc(Cl)cc2)C1(O)Cn1cncn1. The second-order valence-electron chi connectivity index (χ2n) is 6.78. The van der Waals surface area contributed by atoms with E-state index >= 15 is 0 Å². The van der Waals surface area contributed by atoms with Crippen LogP contribution in [-0.2, 0) is 13.0 Å². The van der Waals surface area contributed by atoms with Gasteiger partial charge in [-0.2, -0.15) is 5.10 Å². The molecule has 0 saturated heterocycles. The number of benzene rings is 1. The zero-order chi connectivity index (χ0) is 16.5. The lowest BCUT2D eigenvalue weighted by Crippen LogP contribution is -2.51. The molecule has 1 N–H and O–H groups in total. The average molecular weight is 354 g/mol. The van der Waals surface area contributed by atoms with Crippen molar-refractivity contribution in [3.8, 4) is 0 Å². The molecule has 1 aliphatic rings. The molecule has 0 radical (unpaired) electrons. The van der Waals surface area contributed by atoms with E-state index in [9.17, 15) is 5.11 Å². The monoisotopic (exact) mass is 353 g/mol. The summed E-state index contributed by atoms with van der Waals surface area (Å²) in [6.45, 7) is 2.48. The molecule has 2 aromatic rings. The number of halogens is 2. The Hall–Kier alpha value is -1.10. The van der Waals surface area contributed by atoms with Gasteiger partial charge in [0, 0.05) is 16.3 Å². The van der Waals surface area contributed by atoms with Crippen molar-refractivity contribution in [3.05, 3.63) is 47.5 Å². The molecule has 3 atom stereocenters. The van der Waals surface area contributed by atoms with Gasteiger partial charge in [0.05, 0.1) is 12.1 Å². The Bertz CT molecular complexity index is 646. The maximum absolute atomic E-state index is 11.6. The highest BCUT2D eigenvalue weighted by Crippen LogP contribution is 2.52. The van der Waals surface area contributed by atoms with Crippen LogP contribution in [0.1, 0.15) is 25.3 Å². The standard InChI is InChI=1S/C17H21Cl2N3O/c1-16(9-18)7-6-14(8-13-2-4-15(19)5-3-13)17(16,23)10-22-12-20-11-21-22/h2-5,11-12,14,23H,6-10H2,1H3/t14-,16+,17?/m0/s1. The van der Waals surface area contributed by atoms with Gasteiger partial charge >= 0.3 is 0 Å². The first-order valence-electron chi connectivity index (χ1n) is 7.82. The lowest BCUT2D eigenvalue weighted by molar-refractivity contribution is -0.0891. The molecule has 1 aromatic carbocycles. The Kier molecular flexibility index (Phi) is 4.68. The Labute approximate surface area is 146 Å². The van der Waals surface area contributed by atoms with Crippen LogP contribution < -0.4 is 0 Å². The van der Waals surface area contributed by atoms with Gasteiger partial charge in [-0.3, -0.25) is 4.68 Å². The predicted molar refractivity (Wildman–Crippen MR) is 91.7 cm³/mol. The Morgan fingerprint density at radius 3 is 2.70 bits per heavy atom. The highest BCUT2D eigenvalue weighted by Gasteiger charge is 2.56. The van der Waals surface area contributed by atoms with Crippen LogP contribution in [0, 0.1) is 11.3 Å². The van der Waals surface area contributed by atoms with E-state index in [0.29, 0.717) is 12.4 Å². The molecule has 0 bridgehead atoms. The van der Waals surface area contributed by atoms with Gasteiger partial charge in [-0.15, -0.1) is 11.6 Å². The Morgan fingerprint density at radius 2 is 2.09 bits per heavy atom. The summed E-state index contributed by atoms with van der Waals surface area (Å²) in [5.74, 6) is 0.548. The van der Waals surface area contributed by atoms with E-state index in [1.807, 2.05) is 24.3 Å². The first kappa shape index (κ1) is 16.7. The van der Waals surface area contributed by atoms with Crippen LogP contribution >= 0.6 is 23.2 Å². The number of alkyl halides is 1. The van der Waals surface area contributed by atoms with Crippen molar-refractivity contribution in [2.75, 3.05) is 5.88 Å². The number of aromatic nitrogens is 3. The van der Waals surface area contributed by atoms with Crippen LogP contribution in [0.4, 0.5) is 0 Å². The second-order valence-corrected chi connectivity index (χ2v) is 7.48. The minimum Gasteiger partial charge on any atom is -0.387 e. The molecule has 1 saturated carbocycles. The van der Waals surface area contributed by atoms with Gasteiger partial charge in [-0.1, -0.05) is 30.7 Å². The molecule has 3 rings (SSSR count). The highest BCUT2D eigenvalue weighted by atomic mass is 35.5. The van der Waals surface area contributed by atoms with Gasteiger partial charge in [-0.05, 0) is 42.9 Å². The fourth-order valence-electron chi connectivity index (χ4n) is 3.68. The molecule has 0 aliphatic heterocycles. The number of rotatable bonds is 5. The minimum absolute atomic E-state index is 0.122. The van der Waals surface area contributed by atoms with Crippen molar-refractivity contribution in [1.82, 2.24) is 14.8 Å². The molecule has 6 heteroatoms. The molecule has 1 unspecified atom stereocenters. The van der Waals surface area contributed by atoms with Gasteiger partial charge in [0.25, 0.3) is 0 Å². The van der Waals surface area contributed by atoms with E-state index in [4.69, 9.17) is 23.2 Å². The van der Waals surface area contributed by atoms with E-state index in [2.05, 4.69) is 17.0 Å². The van der Waals surface area contributed by atoms with Crippen molar-refractivity contribution < 1.29 is 5.11 Å². The third-order valence-electron chi connectivity index (χ3n) is 5.33. The maximum atomic E-state index is 11.6. The number of hydrogen-bond donors (Lipinski definition) is 1. The number of aliphatic hydroxyl groups is 1. The summed E-state index contributed by atoms with van der Waals surface area (Å²) >= 11 is 12.2. The summed E-state index contributed by atoms with van der Waals surface area (Å²) in [6, 6.07) is 7.83. The molecule has 1 aliphatic carbocycles. The summed E-state index contributed by atoms with van der Waals surface area (Å²) in [5.41, 5.74) is -0.0742. The van der Waals surface area contributed by atoms with E-state index in [0.717, 1.165) is 24.3 Å². The van der Waals surface area contributed by atoms with Crippen molar-refractivity contribution in [3.63, 3.8) is 0 Å². The summed E-state index contributed by atoms with van der Waals surface area (Å²) in [6.07, 6.45) is 5.78. The van der Waals surface area contributed by atoms with E-state index in [1.54, 1.807) is 11.0 Å². The molecule has 124 valence electrons. The smallest absolute Gasteiger partial charge is 0.137 e. The van der Waals surface area contributed by atoms with Gasteiger partial charge in [0.1, 0.15) is 12.7 Å². The van der Waals surface area contributed by atoms with Crippen LogP contribution in [0.15, 0.2) is 36.9 Å². The fourth-order valence-corrected chi connectivity index (χ4v) is 4.17. The van der Waals surface area contributed by atoms with E-state index in [-0.39, 0.29) is 11.3 Å². The normalized spacial score (nSPS) is 30.7. The molecule has 1 heterocycles. The second kappa shape index (κ2) is 6.42. The number of nitrogens with zero attached hydrogens (tertiary/aromatic N) is 3. The van der Waals surface area contributed by atoms with Gasteiger partial charge in [-0.25, -0.2) is 4.98 Å². The van der Waals surface area contributed by atoms with Crippen LogP contribution in [0.25, 0.3) is 0 Å². The molecule has 0 amide bonds. The summed E-state index contributed by atoms with van der Waals surface area (Å²) in [7, 11) is 0. The third-order valence-corrected chi connectivity index (χ3v) is 6.17. The average Bonchev–Trinajstić information content (AvgIpc) is 3.12. The predicted octanol–water partition coefficient (Wildman–Crippen LogP) is 3.56. The largest absolute Gasteiger partial charge is 0.387 e. The van der Waals surface area contributed by atoms with Crippen molar-refractivity contribution in [2.45, 2.75) is 38.3 Å². The zero-order valence-corrected chi connectivity index (χ0v) is 14.6. The molecule has 1 aromatic heterocycles. The van der Waals surface area contributed by atoms with Crippen LogP contribution in [0.5, 0.6) is 0 Å². The third kappa shape index (κ3) is 3.12. The van der Waals surface area contributed by atoms with Gasteiger partial charge < -0.3 is 5.11 Å². The highest BCUT2D eigenvalue weighted by molar-refractivity contribution is 6.30. The van der Waals surface area contributed by atoms with Crippen molar-refractivity contribution >= 4 is 23.2 Å². The molecular weight excluding hydrogens is 333 g/mol. The van der Waals surface area contributed by atoms with E-state index < -0.39 is 5.60 Å². The molecule has 1 fully saturated rings. The minimum atomic E-state index is -0.915. The zero-order valence-electron chi connectivity index (χ0n) is 13.1. The van der Waals surface area contributed by atoms with E-state index in [1.165, 1.54) is 11.9 Å². The molecule has 0 spiro atoms. The first-order chi connectivity index (χ1) is 11.0. The van der Waals surface area contributed by atoms with Crippen LogP contribution in [0.2, 0.25) is 5.02 Å². The van der Waals surface area contributed by atoms with Gasteiger partial charge in [0.15, 0.2) is 0 Å².